The van der Waals surface area contributed by atoms with Gasteiger partial charge in [-0.25, -0.2) is 4.98 Å². The molecule has 0 aliphatic heterocycles. The summed E-state index contributed by atoms with van der Waals surface area (Å²) in [5, 5.41) is 12.2. The third-order valence-electron chi connectivity index (χ3n) is 4.95. The second kappa shape index (κ2) is 9.80. The van der Waals surface area contributed by atoms with Crippen molar-refractivity contribution in [2.45, 2.75) is 6.18 Å². The quantitative estimate of drug-likeness (QED) is 0.323. The Kier molecular flexibility index (Phi) is 6.65. The smallest absolute Gasteiger partial charge is 0.420 e. The second-order valence-electron chi connectivity index (χ2n) is 7.37. The van der Waals surface area contributed by atoms with Crippen LogP contribution in [0.15, 0.2) is 73.1 Å². The molecule has 0 unspecified atom stereocenters. The minimum Gasteiger partial charge on any atom is -0.491 e. The molecule has 0 spiro atoms. The predicted octanol–water partition coefficient (Wildman–Crippen LogP) is 5.27. The highest BCUT2D eigenvalue weighted by atomic mass is 19.4. The molecule has 4 rings (SSSR count). The number of H-pyrrole nitrogens is 1. The first-order valence-electron chi connectivity index (χ1n) is 10.3. The Morgan fingerprint density at radius 2 is 1.97 bits per heavy atom. The molecule has 2 heterocycles. The number of aliphatic hydroxyl groups excluding tert-OH is 1. The molecule has 0 saturated carbocycles. The fraction of sp³-hybridized carbons (Fsp3) is 0.120. The number of benzene rings is 2. The van der Waals surface area contributed by atoms with Gasteiger partial charge in [0.25, 0.3) is 0 Å². The number of carbonyl (C=O) groups is 1. The Labute approximate surface area is 192 Å². The van der Waals surface area contributed by atoms with Gasteiger partial charge in [-0.05, 0) is 53.6 Å². The number of amides is 1. The predicted molar refractivity (Wildman–Crippen MR) is 123 cm³/mol. The minimum atomic E-state index is -4.68. The highest BCUT2D eigenvalue weighted by Crippen LogP contribution is 2.38. The highest BCUT2D eigenvalue weighted by Gasteiger charge is 2.34. The fourth-order valence-electron chi connectivity index (χ4n) is 3.39. The summed E-state index contributed by atoms with van der Waals surface area (Å²) < 4.78 is 44.9. The summed E-state index contributed by atoms with van der Waals surface area (Å²) in [6.07, 6.45) is 1.70. The molecule has 1 amide bonds. The van der Waals surface area contributed by atoms with Crippen molar-refractivity contribution in [3.05, 3.63) is 84.2 Å². The lowest BCUT2D eigenvalue weighted by atomic mass is 10.0. The van der Waals surface area contributed by atoms with Crippen LogP contribution < -0.4 is 10.1 Å². The summed E-state index contributed by atoms with van der Waals surface area (Å²) >= 11 is 0. The van der Waals surface area contributed by atoms with E-state index < -0.39 is 30.0 Å². The number of aliphatic hydroxyl groups is 1. The second-order valence-corrected chi connectivity index (χ2v) is 7.37. The van der Waals surface area contributed by atoms with E-state index in [9.17, 15) is 18.0 Å². The van der Waals surface area contributed by atoms with Crippen molar-refractivity contribution in [1.82, 2.24) is 9.97 Å². The number of alkyl halides is 3. The molecule has 34 heavy (non-hydrogen) atoms. The van der Waals surface area contributed by atoms with Crippen molar-refractivity contribution in [2.75, 3.05) is 18.5 Å². The van der Waals surface area contributed by atoms with Crippen molar-refractivity contribution in [3.63, 3.8) is 0 Å². The van der Waals surface area contributed by atoms with Crippen molar-refractivity contribution < 1.29 is 27.8 Å². The van der Waals surface area contributed by atoms with Gasteiger partial charge >= 0.3 is 6.18 Å². The van der Waals surface area contributed by atoms with Gasteiger partial charge < -0.3 is 20.1 Å². The number of anilines is 1. The average molecular weight is 467 g/mol. The molecule has 0 aliphatic rings. The first kappa shape index (κ1) is 23.1. The third-order valence-corrected chi connectivity index (χ3v) is 4.95. The monoisotopic (exact) mass is 467 g/mol. The molecule has 0 fully saturated rings. The maximum atomic E-state index is 13.3. The molecule has 6 nitrogen and oxygen atoms in total. The lowest BCUT2D eigenvalue weighted by molar-refractivity contribution is -0.139. The van der Waals surface area contributed by atoms with Crippen LogP contribution in [0, 0.1) is 0 Å². The topological polar surface area (TPSA) is 87.2 Å². The molecular formula is C25H20F3N3O3. The first-order valence-corrected chi connectivity index (χ1v) is 10.3. The summed E-state index contributed by atoms with van der Waals surface area (Å²) in [4.78, 5) is 19.7. The van der Waals surface area contributed by atoms with E-state index in [1.807, 2.05) is 42.6 Å². The van der Waals surface area contributed by atoms with Crippen LogP contribution in [0.5, 0.6) is 5.75 Å². The number of pyridine rings is 1. The number of hydrogen-bond acceptors (Lipinski definition) is 4. The lowest BCUT2D eigenvalue weighted by Crippen LogP contribution is -2.13. The van der Waals surface area contributed by atoms with Gasteiger partial charge in [-0.3, -0.25) is 4.79 Å². The zero-order valence-electron chi connectivity index (χ0n) is 17.8. The molecule has 9 heteroatoms. The van der Waals surface area contributed by atoms with E-state index in [2.05, 4.69) is 15.3 Å². The zero-order valence-corrected chi connectivity index (χ0v) is 17.8. The highest BCUT2D eigenvalue weighted by molar-refractivity contribution is 6.02. The number of hydrogen-bond donors (Lipinski definition) is 3. The maximum Gasteiger partial charge on any atom is 0.420 e. The molecule has 3 N–H and O–H groups in total. The molecule has 2 aromatic carbocycles. The molecule has 2 aromatic heterocycles. The molecule has 0 aliphatic carbocycles. The number of fused-ring (bicyclic) bond motifs is 1. The van der Waals surface area contributed by atoms with Crippen LogP contribution in [0.25, 0.3) is 28.2 Å². The number of aromatic nitrogens is 2. The summed E-state index contributed by atoms with van der Waals surface area (Å²) in [6, 6.07) is 14.6. The van der Waals surface area contributed by atoms with Crippen molar-refractivity contribution in [3.8, 4) is 16.9 Å². The number of nitrogens with one attached hydrogen (secondary N) is 2. The summed E-state index contributed by atoms with van der Waals surface area (Å²) in [5.41, 5.74) is 2.28. The van der Waals surface area contributed by atoms with E-state index in [1.54, 1.807) is 12.3 Å². The van der Waals surface area contributed by atoms with E-state index in [0.717, 1.165) is 39.9 Å². The summed E-state index contributed by atoms with van der Waals surface area (Å²) in [5.74, 6) is -1.00. The normalized spacial score (nSPS) is 11.8. The van der Waals surface area contributed by atoms with Crippen molar-refractivity contribution >= 4 is 28.7 Å². The SMILES string of the molecule is O=C(C=Cc1cccc(-c2cnc3[nH]ccc3c2)c1)Nc1ccc(OCCO)c(C(F)(F)F)c1. The van der Waals surface area contributed by atoms with Gasteiger partial charge in [-0.15, -0.1) is 0 Å². The standard InChI is InChI=1S/C25H20F3N3O3/c26-25(27,28)21-14-20(5-6-22(21)34-11-10-32)31-23(33)7-4-16-2-1-3-17(12-16)19-13-18-8-9-29-24(18)30-15-19/h1-9,12-15,32H,10-11H2,(H,29,30)(H,31,33). The first-order chi connectivity index (χ1) is 16.3. The summed E-state index contributed by atoms with van der Waals surface area (Å²) in [7, 11) is 0. The van der Waals surface area contributed by atoms with E-state index in [0.29, 0.717) is 0 Å². The van der Waals surface area contributed by atoms with E-state index in [-0.39, 0.29) is 12.3 Å². The molecule has 0 radical (unpaired) electrons. The van der Waals surface area contributed by atoms with Gasteiger partial charge in [0.15, 0.2) is 0 Å². The largest absolute Gasteiger partial charge is 0.491 e. The average Bonchev–Trinajstić information content (AvgIpc) is 3.29. The van der Waals surface area contributed by atoms with Gasteiger partial charge in [0, 0.05) is 35.1 Å². The van der Waals surface area contributed by atoms with Gasteiger partial charge in [-0.2, -0.15) is 13.2 Å². The van der Waals surface area contributed by atoms with Gasteiger partial charge in [0.2, 0.25) is 5.91 Å². The van der Waals surface area contributed by atoms with E-state index in [4.69, 9.17) is 9.84 Å². The van der Waals surface area contributed by atoms with Crippen LogP contribution >= 0.6 is 0 Å². The van der Waals surface area contributed by atoms with Crippen LogP contribution in [-0.4, -0.2) is 34.2 Å². The van der Waals surface area contributed by atoms with Gasteiger partial charge in [0.05, 0.1) is 12.2 Å². The number of aromatic amines is 1. The van der Waals surface area contributed by atoms with Crippen LogP contribution in [0.2, 0.25) is 0 Å². The molecule has 0 saturated heterocycles. The van der Waals surface area contributed by atoms with Gasteiger partial charge in [0.1, 0.15) is 18.0 Å². The van der Waals surface area contributed by atoms with Crippen LogP contribution in [0.4, 0.5) is 18.9 Å². The molecule has 4 aromatic rings. The Bertz CT molecular complexity index is 1350. The Morgan fingerprint density at radius 3 is 2.76 bits per heavy atom. The Hall–Kier alpha value is -4.11. The Morgan fingerprint density at radius 1 is 1.12 bits per heavy atom. The number of nitrogens with zero attached hydrogens (tertiary/aromatic N) is 1. The van der Waals surface area contributed by atoms with E-state index >= 15 is 0 Å². The molecule has 174 valence electrons. The number of halogens is 3. The number of rotatable bonds is 7. The van der Waals surface area contributed by atoms with Crippen LogP contribution in [0.3, 0.4) is 0 Å². The lowest BCUT2D eigenvalue weighted by Gasteiger charge is -2.15. The van der Waals surface area contributed by atoms with Crippen LogP contribution in [-0.2, 0) is 11.0 Å². The number of ether oxygens (including phenoxy) is 1. The summed E-state index contributed by atoms with van der Waals surface area (Å²) in [6.45, 7) is -0.690. The third kappa shape index (κ3) is 5.44. The fourth-order valence-corrected chi connectivity index (χ4v) is 3.39. The van der Waals surface area contributed by atoms with Gasteiger partial charge in [-0.1, -0.05) is 18.2 Å². The van der Waals surface area contributed by atoms with Crippen LogP contribution in [0.1, 0.15) is 11.1 Å². The minimum absolute atomic E-state index is 0.0297. The Balaban J connectivity index is 1.48. The molecular weight excluding hydrogens is 447 g/mol. The maximum absolute atomic E-state index is 13.3. The molecule has 0 bridgehead atoms. The van der Waals surface area contributed by atoms with Crippen molar-refractivity contribution in [2.24, 2.45) is 0 Å². The number of carbonyl (C=O) groups excluding carboxylic acids is 1. The van der Waals surface area contributed by atoms with Crippen molar-refractivity contribution in [1.29, 1.82) is 0 Å². The zero-order chi connectivity index (χ0) is 24.1. The van der Waals surface area contributed by atoms with E-state index in [1.165, 1.54) is 12.1 Å². The molecule has 0 atom stereocenters.